The van der Waals surface area contributed by atoms with Crippen molar-refractivity contribution in [3.8, 4) is 5.75 Å². The molecule has 1 aliphatic heterocycles. The second-order valence-corrected chi connectivity index (χ2v) is 7.06. The number of ether oxygens (including phenoxy) is 1. The van der Waals surface area contributed by atoms with Crippen LogP contribution in [0.2, 0.25) is 0 Å². The molecule has 3 rings (SSSR count). The van der Waals surface area contributed by atoms with Crippen LogP contribution in [0.15, 0.2) is 47.4 Å². The maximum absolute atomic E-state index is 13.7. The molecule has 0 aromatic heterocycles. The van der Waals surface area contributed by atoms with E-state index >= 15 is 0 Å². The molecule has 0 atom stereocenters. The minimum Gasteiger partial charge on any atom is -0.481 e. The summed E-state index contributed by atoms with van der Waals surface area (Å²) in [7, 11) is 0. The van der Waals surface area contributed by atoms with Gasteiger partial charge in [-0.3, -0.25) is 19.3 Å². The highest BCUT2D eigenvalue weighted by Gasteiger charge is 2.34. The molecule has 2 aromatic rings. The van der Waals surface area contributed by atoms with Gasteiger partial charge in [0.05, 0.1) is 4.91 Å². The van der Waals surface area contributed by atoms with Gasteiger partial charge in [0.2, 0.25) is 0 Å². The summed E-state index contributed by atoms with van der Waals surface area (Å²) in [5, 5.41) is 1.89. The average Bonchev–Trinajstić information content (AvgIpc) is 2.96. The largest absolute Gasteiger partial charge is 0.481 e. The molecule has 0 saturated carbocycles. The van der Waals surface area contributed by atoms with Gasteiger partial charge in [0, 0.05) is 24.7 Å². The topological polar surface area (TPSA) is 75.7 Å². The van der Waals surface area contributed by atoms with Crippen LogP contribution in [-0.4, -0.2) is 41.6 Å². The van der Waals surface area contributed by atoms with Crippen molar-refractivity contribution in [3.05, 3.63) is 70.4 Å². The standard InChI is InChI=1S/C20H15F3N2O4S/c21-13-5-6-16(15(23)10-13)29-11-18(26)24-7-8-25-19(27)17(30-20(25)28)9-12-3-1-2-4-14(12)22/h1-6,9-10H,7-8,11H2,(H,24,26)/b17-9-. The molecule has 30 heavy (non-hydrogen) atoms. The van der Waals surface area contributed by atoms with Crippen molar-refractivity contribution in [2.45, 2.75) is 0 Å². The third-order valence-electron chi connectivity index (χ3n) is 3.98. The maximum Gasteiger partial charge on any atom is 0.293 e. The lowest BCUT2D eigenvalue weighted by Gasteiger charge is -2.13. The summed E-state index contributed by atoms with van der Waals surface area (Å²) in [5.41, 5.74) is 0.182. The van der Waals surface area contributed by atoms with Gasteiger partial charge in [-0.2, -0.15) is 0 Å². The SMILES string of the molecule is O=C(COc1ccc(F)cc1F)NCCN1C(=O)S/C(=C\c2ccccc2F)C1=O. The number of carbonyl (C=O) groups excluding carboxylic acids is 3. The Balaban J connectivity index is 1.49. The van der Waals surface area contributed by atoms with E-state index in [1.165, 1.54) is 24.3 Å². The number of nitrogens with one attached hydrogen (secondary N) is 1. The zero-order valence-electron chi connectivity index (χ0n) is 15.4. The number of imide groups is 1. The van der Waals surface area contributed by atoms with E-state index in [1.54, 1.807) is 6.07 Å². The molecule has 3 amide bonds. The number of benzene rings is 2. The third kappa shape index (κ3) is 5.20. The van der Waals surface area contributed by atoms with Crippen LogP contribution in [0.25, 0.3) is 6.08 Å². The summed E-state index contributed by atoms with van der Waals surface area (Å²) in [4.78, 5) is 37.2. The van der Waals surface area contributed by atoms with E-state index in [2.05, 4.69) is 5.32 Å². The summed E-state index contributed by atoms with van der Waals surface area (Å²) in [5.74, 6) is -3.72. The molecule has 1 saturated heterocycles. The number of carbonyl (C=O) groups is 3. The van der Waals surface area contributed by atoms with Crippen molar-refractivity contribution in [2.75, 3.05) is 19.7 Å². The van der Waals surface area contributed by atoms with Crippen molar-refractivity contribution in [1.82, 2.24) is 10.2 Å². The lowest BCUT2D eigenvalue weighted by Crippen LogP contribution is -2.38. The van der Waals surface area contributed by atoms with Crippen LogP contribution >= 0.6 is 11.8 Å². The van der Waals surface area contributed by atoms with Crippen LogP contribution in [0.1, 0.15) is 5.56 Å². The molecule has 1 aliphatic rings. The number of thioether (sulfide) groups is 1. The molecule has 0 bridgehead atoms. The van der Waals surface area contributed by atoms with Gasteiger partial charge < -0.3 is 10.1 Å². The van der Waals surface area contributed by atoms with Gasteiger partial charge in [-0.05, 0) is 36.0 Å². The molecule has 10 heteroatoms. The van der Waals surface area contributed by atoms with E-state index in [9.17, 15) is 27.6 Å². The summed E-state index contributed by atoms with van der Waals surface area (Å²) >= 11 is 0.677. The second-order valence-electron chi connectivity index (χ2n) is 6.07. The molecule has 2 aromatic carbocycles. The monoisotopic (exact) mass is 436 g/mol. The predicted molar refractivity (Wildman–Crippen MR) is 104 cm³/mol. The number of rotatable bonds is 7. The fourth-order valence-corrected chi connectivity index (χ4v) is 3.38. The lowest BCUT2D eigenvalue weighted by atomic mass is 10.2. The van der Waals surface area contributed by atoms with E-state index in [-0.39, 0.29) is 29.3 Å². The highest BCUT2D eigenvalue weighted by molar-refractivity contribution is 8.18. The Bertz CT molecular complexity index is 1030. The van der Waals surface area contributed by atoms with E-state index < -0.39 is 41.1 Å². The fourth-order valence-electron chi connectivity index (χ4n) is 2.52. The fraction of sp³-hybridized carbons (Fsp3) is 0.150. The summed E-state index contributed by atoms with van der Waals surface area (Å²) < 4.78 is 45.0. The molecule has 0 spiro atoms. The van der Waals surface area contributed by atoms with Crippen LogP contribution in [0.4, 0.5) is 18.0 Å². The van der Waals surface area contributed by atoms with Gasteiger partial charge in [-0.25, -0.2) is 13.2 Å². The Morgan fingerprint density at radius 2 is 1.87 bits per heavy atom. The number of hydrogen-bond acceptors (Lipinski definition) is 5. The van der Waals surface area contributed by atoms with Crippen molar-refractivity contribution in [3.63, 3.8) is 0 Å². The maximum atomic E-state index is 13.7. The Morgan fingerprint density at radius 3 is 2.60 bits per heavy atom. The van der Waals surface area contributed by atoms with Gasteiger partial charge in [-0.1, -0.05) is 18.2 Å². The third-order valence-corrected chi connectivity index (χ3v) is 4.88. The number of hydrogen-bond donors (Lipinski definition) is 1. The van der Waals surface area contributed by atoms with Gasteiger partial charge in [-0.15, -0.1) is 0 Å². The second kappa shape index (κ2) is 9.49. The molecule has 1 heterocycles. The van der Waals surface area contributed by atoms with Gasteiger partial charge in [0.15, 0.2) is 18.2 Å². The van der Waals surface area contributed by atoms with Crippen LogP contribution in [0.3, 0.4) is 0 Å². The average molecular weight is 436 g/mol. The van der Waals surface area contributed by atoms with E-state index in [4.69, 9.17) is 4.74 Å². The Kier molecular flexibility index (Phi) is 6.78. The Hall–Kier alpha value is -3.27. The van der Waals surface area contributed by atoms with Crippen LogP contribution in [-0.2, 0) is 9.59 Å². The van der Waals surface area contributed by atoms with Gasteiger partial charge in [0.1, 0.15) is 11.6 Å². The molecule has 0 radical (unpaired) electrons. The molecule has 0 unspecified atom stereocenters. The highest BCUT2D eigenvalue weighted by Crippen LogP contribution is 2.32. The van der Waals surface area contributed by atoms with E-state index in [0.717, 1.165) is 17.0 Å². The quantitative estimate of drug-likeness (QED) is 0.674. The smallest absolute Gasteiger partial charge is 0.293 e. The van der Waals surface area contributed by atoms with Crippen molar-refractivity contribution in [1.29, 1.82) is 0 Å². The van der Waals surface area contributed by atoms with E-state index in [1.807, 2.05) is 0 Å². The molecule has 1 fully saturated rings. The molecular formula is C20H15F3N2O4S. The lowest BCUT2D eigenvalue weighted by molar-refractivity contribution is -0.125. The highest BCUT2D eigenvalue weighted by atomic mass is 32.2. The van der Waals surface area contributed by atoms with Gasteiger partial charge in [0.25, 0.3) is 17.1 Å². The number of nitrogens with zero attached hydrogens (tertiary/aromatic N) is 1. The summed E-state index contributed by atoms with van der Waals surface area (Å²) in [6.07, 6.45) is 1.30. The summed E-state index contributed by atoms with van der Waals surface area (Å²) in [6, 6.07) is 8.51. The van der Waals surface area contributed by atoms with Gasteiger partial charge >= 0.3 is 0 Å². The molecule has 6 nitrogen and oxygen atoms in total. The number of halogens is 3. The first-order valence-corrected chi connectivity index (χ1v) is 9.51. The zero-order chi connectivity index (χ0) is 21.7. The van der Waals surface area contributed by atoms with Crippen molar-refractivity contribution < 1.29 is 32.3 Å². The molecule has 156 valence electrons. The van der Waals surface area contributed by atoms with Crippen molar-refractivity contribution in [2.24, 2.45) is 0 Å². The Morgan fingerprint density at radius 1 is 1.10 bits per heavy atom. The number of amides is 3. The van der Waals surface area contributed by atoms with Crippen LogP contribution < -0.4 is 10.1 Å². The van der Waals surface area contributed by atoms with Crippen LogP contribution in [0, 0.1) is 17.5 Å². The zero-order valence-corrected chi connectivity index (χ0v) is 16.2. The minimum absolute atomic E-state index is 0.0564. The first-order valence-electron chi connectivity index (χ1n) is 8.69. The Labute approximate surface area is 173 Å². The van der Waals surface area contributed by atoms with E-state index in [0.29, 0.717) is 17.8 Å². The normalized spacial score (nSPS) is 15.0. The molecule has 0 aliphatic carbocycles. The molecular weight excluding hydrogens is 421 g/mol. The predicted octanol–water partition coefficient (Wildman–Crippen LogP) is 3.34. The minimum atomic E-state index is -0.942. The van der Waals surface area contributed by atoms with Crippen molar-refractivity contribution >= 4 is 34.9 Å². The van der Waals surface area contributed by atoms with Crippen LogP contribution in [0.5, 0.6) is 5.75 Å². The summed E-state index contributed by atoms with van der Waals surface area (Å²) in [6.45, 7) is -0.688. The first kappa shape index (κ1) is 21.4. The molecule has 1 N–H and O–H groups in total. The first-order chi connectivity index (χ1) is 14.3.